The fourth-order valence-electron chi connectivity index (χ4n) is 3.56. The fourth-order valence-corrected chi connectivity index (χ4v) is 3.56. The van der Waals surface area contributed by atoms with Crippen LogP contribution in [0, 0.1) is 5.92 Å². The van der Waals surface area contributed by atoms with Crippen LogP contribution in [0.3, 0.4) is 0 Å². The van der Waals surface area contributed by atoms with Crippen LogP contribution < -0.4 is 0 Å². The molecule has 1 saturated heterocycles. The van der Waals surface area contributed by atoms with E-state index in [9.17, 15) is 10.2 Å². The Labute approximate surface area is 140 Å². The Kier molecular flexibility index (Phi) is 6.24. The summed E-state index contributed by atoms with van der Waals surface area (Å²) in [6.45, 7) is 10.4. The lowest BCUT2D eigenvalue weighted by Crippen LogP contribution is -2.20. The summed E-state index contributed by atoms with van der Waals surface area (Å²) in [6.07, 6.45) is 9.52. The lowest BCUT2D eigenvalue weighted by molar-refractivity contribution is 0.163. The van der Waals surface area contributed by atoms with Crippen molar-refractivity contribution in [2.75, 3.05) is 6.61 Å². The molecule has 0 spiro atoms. The molecule has 0 saturated carbocycles. The number of allylic oxidation sites excluding steroid dienone is 2. The van der Waals surface area contributed by atoms with E-state index >= 15 is 0 Å². The van der Waals surface area contributed by atoms with Crippen molar-refractivity contribution < 1.29 is 14.9 Å². The minimum atomic E-state index is -0.572. The molecule has 130 valence electrons. The van der Waals surface area contributed by atoms with Crippen molar-refractivity contribution in [2.45, 2.75) is 77.1 Å². The van der Waals surface area contributed by atoms with Crippen molar-refractivity contribution >= 4 is 0 Å². The average molecular weight is 320 g/mol. The SMILES string of the molecule is C=C(C)C1CC/C(C)=C/CCC2(C)OC2CC/C(CO)=C\C1O. The Morgan fingerprint density at radius 3 is 2.78 bits per heavy atom. The number of aliphatic hydroxyl groups excluding tert-OH is 2. The molecule has 0 bridgehead atoms. The van der Waals surface area contributed by atoms with Crippen LogP contribution in [0.25, 0.3) is 0 Å². The van der Waals surface area contributed by atoms with Gasteiger partial charge in [-0.05, 0) is 64.9 Å². The zero-order chi connectivity index (χ0) is 17.0. The van der Waals surface area contributed by atoms with Crippen LogP contribution >= 0.6 is 0 Å². The maximum Gasteiger partial charge on any atom is 0.0923 e. The second-order valence-corrected chi connectivity index (χ2v) is 7.51. The van der Waals surface area contributed by atoms with Crippen LogP contribution in [0.4, 0.5) is 0 Å². The predicted octanol–water partition coefficient (Wildman–Crippen LogP) is 3.92. The van der Waals surface area contributed by atoms with Gasteiger partial charge in [-0.2, -0.15) is 0 Å². The predicted molar refractivity (Wildman–Crippen MR) is 94.2 cm³/mol. The summed E-state index contributed by atoms with van der Waals surface area (Å²) in [6, 6.07) is 0. The summed E-state index contributed by atoms with van der Waals surface area (Å²) in [5.41, 5.74) is 3.28. The molecule has 4 unspecified atom stereocenters. The monoisotopic (exact) mass is 320 g/mol. The van der Waals surface area contributed by atoms with E-state index in [-0.39, 0.29) is 24.2 Å². The first kappa shape index (κ1) is 18.4. The van der Waals surface area contributed by atoms with Gasteiger partial charge in [-0.1, -0.05) is 29.9 Å². The molecule has 23 heavy (non-hydrogen) atoms. The molecule has 2 N–H and O–H groups in total. The standard InChI is InChI=1S/C20H32O3/c1-14(2)17-9-7-15(3)6-5-11-20(4)19(23-20)10-8-16(13-21)12-18(17)22/h6,12,17-19,21-22H,1,5,7-11,13H2,2-4H3/b15-6+,16-12+. The maximum atomic E-state index is 10.6. The molecule has 1 heterocycles. The molecule has 1 fully saturated rings. The summed E-state index contributed by atoms with van der Waals surface area (Å²) in [4.78, 5) is 0. The Balaban J connectivity index is 2.15. The topological polar surface area (TPSA) is 53.0 Å². The molecule has 2 aliphatic rings. The molecule has 1 aliphatic heterocycles. The quantitative estimate of drug-likeness (QED) is 0.599. The number of ether oxygens (including phenoxy) is 1. The highest BCUT2D eigenvalue weighted by atomic mass is 16.6. The van der Waals surface area contributed by atoms with Gasteiger partial charge in [0.2, 0.25) is 0 Å². The Hall–Kier alpha value is -0.900. The first-order valence-corrected chi connectivity index (χ1v) is 8.83. The fraction of sp³-hybridized carbons (Fsp3) is 0.700. The molecular formula is C20H32O3. The maximum absolute atomic E-state index is 10.6. The van der Waals surface area contributed by atoms with Gasteiger partial charge in [-0.3, -0.25) is 0 Å². The smallest absolute Gasteiger partial charge is 0.0923 e. The van der Waals surface area contributed by atoms with E-state index in [0.717, 1.165) is 49.7 Å². The molecule has 0 aromatic rings. The van der Waals surface area contributed by atoms with Crippen LogP contribution in [0.1, 0.15) is 59.3 Å². The molecule has 4 atom stereocenters. The van der Waals surface area contributed by atoms with Crippen LogP contribution in [0.5, 0.6) is 0 Å². The largest absolute Gasteiger partial charge is 0.392 e. The molecule has 0 amide bonds. The summed E-state index contributed by atoms with van der Waals surface area (Å²) < 4.78 is 5.88. The van der Waals surface area contributed by atoms with E-state index in [1.165, 1.54) is 5.57 Å². The summed E-state index contributed by atoms with van der Waals surface area (Å²) >= 11 is 0. The molecular weight excluding hydrogens is 288 g/mol. The van der Waals surface area contributed by atoms with Gasteiger partial charge in [0, 0.05) is 5.92 Å². The van der Waals surface area contributed by atoms with Crippen molar-refractivity contribution in [3.05, 3.63) is 35.5 Å². The van der Waals surface area contributed by atoms with E-state index < -0.39 is 6.10 Å². The highest BCUT2D eigenvalue weighted by molar-refractivity contribution is 5.14. The third-order valence-corrected chi connectivity index (χ3v) is 5.40. The van der Waals surface area contributed by atoms with Crippen LogP contribution in [0.2, 0.25) is 0 Å². The number of aliphatic hydroxyl groups is 2. The Morgan fingerprint density at radius 1 is 1.39 bits per heavy atom. The van der Waals surface area contributed by atoms with E-state index in [2.05, 4.69) is 26.5 Å². The van der Waals surface area contributed by atoms with Crippen molar-refractivity contribution in [1.82, 2.24) is 0 Å². The van der Waals surface area contributed by atoms with Crippen molar-refractivity contribution in [3.8, 4) is 0 Å². The number of rotatable bonds is 2. The van der Waals surface area contributed by atoms with E-state index in [4.69, 9.17) is 4.74 Å². The Morgan fingerprint density at radius 2 is 2.13 bits per heavy atom. The van der Waals surface area contributed by atoms with Gasteiger partial charge in [0.05, 0.1) is 24.4 Å². The first-order chi connectivity index (χ1) is 10.9. The van der Waals surface area contributed by atoms with E-state index in [0.29, 0.717) is 0 Å². The van der Waals surface area contributed by atoms with Gasteiger partial charge < -0.3 is 14.9 Å². The van der Waals surface area contributed by atoms with Gasteiger partial charge in [0.15, 0.2) is 0 Å². The molecule has 1 aliphatic carbocycles. The molecule has 2 rings (SSSR count). The summed E-state index contributed by atoms with van der Waals surface area (Å²) in [7, 11) is 0. The van der Waals surface area contributed by atoms with Crippen LogP contribution in [-0.4, -0.2) is 34.6 Å². The zero-order valence-corrected chi connectivity index (χ0v) is 14.8. The van der Waals surface area contributed by atoms with Crippen LogP contribution in [0.15, 0.2) is 35.5 Å². The minimum Gasteiger partial charge on any atom is -0.392 e. The van der Waals surface area contributed by atoms with Gasteiger partial charge in [0.1, 0.15) is 0 Å². The molecule has 0 radical (unpaired) electrons. The van der Waals surface area contributed by atoms with Crippen molar-refractivity contribution in [3.63, 3.8) is 0 Å². The lowest BCUT2D eigenvalue weighted by atomic mass is 9.87. The third-order valence-electron chi connectivity index (χ3n) is 5.40. The highest BCUT2D eigenvalue weighted by Gasteiger charge is 2.50. The number of epoxide rings is 1. The van der Waals surface area contributed by atoms with E-state index in [1.54, 1.807) is 0 Å². The zero-order valence-electron chi connectivity index (χ0n) is 14.8. The minimum absolute atomic E-state index is 0.000316. The Bertz CT molecular complexity index is 491. The van der Waals surface area contributed by atoms with Gasteiger partial charge in [-0.15, -0.1) is 0 Å². The van der Waals surface area contributed by atoms with Crippen molar-refractivity contribution in [1.29, 1.82) is 0 Å². The normalized spacial score (nSPS) is 40.8. The molecule has 0 aromatic carbocycles. The van der Waals surface area contributed by atoms with Gasteiger partial charge in [-0.25, -0.2) is 0 Å². The highest BCUT2D eigenvalue weighted by Crippen LogP contribution is 2.43. The lowest BCUT2D eigenvalue weighted by Gasteiger charge is -2.22. The summed E-state index contributed by atoms with van der Waals surface area (Å²) in [5.74, 6) is 0.0466. The van der Waals surface area contributed by atoms with Gasteiger partial charge >= 0.3 is 0 Å². The van der Waals surface area contributed by atoms with Crippen LogP contribution in [-0.2, 0) is 4.74 Å². The number of hydrogen-bond donors (Lipinski definition) is 2. The molecule has 3 heteroatoms. The van der Waals surface area contributed by atoms with E-state index in [1.807, 2.05) is 13.0 Å². The number of fused-ring (bicyclic) bond motifs is 1. The molecule has 0 aromatic heterocycles. The van der Waals surface area contributed by atoms with Gasteiger partial charge in [0.25, 0.3) is 0 Å². The second-order valence-electron chi connectivity index (χ2n) is 7.51. The molecule has 3 nitrogen and oxygen atoms in total. The third kappa shape index (κ3) is 5.03. The number of hydrogen-bond acceptors (Lipinski definition) is 3. The second kappa shape index (κ2) is 7.78. The average Bonchev–Trinajstić information content (AvgIpc) is 3.13. The summed E-state index contributed by atoms with van der Waals surface area (Å²) in [5, 5.41) is 20.2. The van der Waals surface area contributed by atoms with Crippen molar-refractivity contribution in [2.24, 2.45) is 5.92 Å². The first-order valence-electron chi connectivity index (χ1n) is 8.83.